The molecule has 0 aliphatic rings. The number of benzene rings is 1. The van der Waals surface area contributed by atoms with Crippen LogP contribution in [0.25, 0.3) is 11.4 Å². The van der Waals surface area contributed by atoms with Crippen molar-refractivity contribution >= 4 is 21.7 Å². The Kier molecular flexibility index (Phi) is 4.43. The van der Waals surface area contributed by atoms with Crippen molar-refractivity contribution in [3.63, 3.8) is 0 Å². The van der Waals surface area contributed by atoms with Gasteiger partial charge in [-0.2, -0.15) is 0 Å². The van der Waals surface area contributed by atoms with Gasteiger partial charge in [-0.1, -0.05) is 24.6 Å². The van der Waals surface area contributed by atoms with Gasteiger partial charge in [-0.25, -0.2) is 9.97 Å². The number of aromatic nitrogens is 2. The predicted octanol–water partition coefficient (Wildman–Crippen LogP) is 4.44. The second-order valence-electron chi connectivity index (χ2n) is 5.03. The van der Waals surface area contributed by atoms with Crippen molar-refractivity contribution in [2.45, 2.75) is 34.1 Å². The molecule has 1 N–H and O–H groups in total. The third-order valence-corrected chi connectivity index (χ3v) is 4.23. The summed E-state index contributed by atoms with van der Waals surface area (Å²) in [6, 6.07) is 4.36. The molecule has 0 spiro atoms. The van der Waals surface area contributed by atoms with E-state index in [9.17, 15) is 0 Å². The highest BCUT2D eigenvalue weighted by Crippen LogP contribution is 2.31. The zero-order valence-corrected chi connectivity index (χ0v) is 14.2. The van der Waals surface area contributed by atoms with Gasteiger partial charge < -0.3 is 5.32 Å². The van der Waals surface area contributed by atoms with E-state index in [0.717, 1.165) is 33.8 Å². The summed E-state index contributed by atoms with van der Waals surface area (Å²) in [4.78, 5) is 9.37. The van der Waals surface area contributed by atoms with Crippen molar-refractivity contribution in [3.05, 3.63) is 39.0 Å². The number of nitrogens with one attached hydrogen (secondary N) is 1. The molecule has 0 aliphatic carbocycles. The molecule has 2 rings (SSSR count). The molecule has 0 aliphatic heterocycles. The predicted molar refractivity (Wildman–Crippen MR) is 88.3 cm³/mol. The summed E-state index contributed by atoms with van der Waals surface area (Å²) in [5.74, 6) is 1.63. The molecule has 0 saturated carbocycles. The Hall–Kier alpha value is -1.42. The first-order valence-electron chi connectivity index (χ1n) is 6.80. The quantitative estimate of drug-likeness (QED) is 0.902. The van der Waals surface area contributed by atoms with Crippen molar-refractivity contribution in [1.82, 2.24) is 9.97 Å². The van der Waals surface area contributed by atoms with Gasteiger partial charge in [-0.15, -0.1) is 0 Å². The van der Waals surface area contributed by atoms with Crippen LogP contribution in [0.1, 0.15) is 29.3 Å². The lowest BCUT2D eigenvalue weighted by Crippen LogP contribution is -2.04. The van der Waals surface area contributed by atoms with Crippen LogP contribution in [0.2, 0.25) is 0 Å². The molecule has 0 bridgehead atoms. The maximum atomic E-state index is 4.72. The zero-order chi connectivity index (χ0) is 14.9. The molecule has 4 heteroatoms. The van der Waals surface area contributed by atoms with E-state index < -0.39 is 0 Å². The minimum Gasteiger partial charge on any atom is -0.372 e. The Balaban J connectivity index is 2.70. The van der Waals surface area contributed by atoms with Crippen LogP contribution in [0.3, 0.4) is 0 Å². The van der Waals surface area contributed by atoms with Gasteiger partial charge in [0.25, 0.3) is 0 Å². The molecule has 2 aromatic rings. The number of hydrogen-bond acceptors (Lipinski definition) is 3. The minimum atomic E-state index is 0.796. The maximum Gasteiger partial charge on any atom is 0.162 e. The van der Waals surface area contributed by atoms with E-state index in [1.165, 1.54) is 16.7 Å². The largest absolute Gasteiger partial charge is 0.372 e. The van der Waals surface area contributed by atoms with Gasteiger partial charge in [0, 0.05) is 12.6 Å². The second kappa shape index (κ2) is 5.92. The first-order valence-corrected chi connectivity index (χ1v) is 7.59. The molecule has 0 fully saturated rings. The molecule has 0 amide bonds. The van der Waals surface area contributed by atoms with Gasteiger partial charge in [-0.05, 0) is 54.2 Å². The second-order valence-corrected chi connectivity index (χ2v) is 5.83. The smallest absolute Gasteiger partial charge is 0.162 e. The first-order chi connectivity index (χ1) is 9.47. The minimum absolute atomic E-state index is 0.796. The van der Waals surface area contributed by atoms with E-state index in [4.69, 9.17) is 4.98 Å². The van der Waals surface area contributed by atoms with Gasteiger partial charge in [0.2, 0.25) is 0 Å². The molecule has 20 heavy (non-hydrogen) atoms. The fourth-order valence-corrected chi connectivity index (χ4v) is 3.19. The average Bonchev–Trinajstić information content (AvgIpc) is 2.39. The number of nitrogens with zero attached hydrogens (tertiary/aromatic N) is 2. The number of hydrogen-bond donors (Lipinski definition) is 1. The number of anilines is 1. The van der Waals surface area contributed by atoms with E-state index >= 15 is 0 Å². The molecule has 1 aromatic carbocycles. The molecular weight excluding hydrogens is 314 g/mol. The monoisotopic (exact) mass is 333 g/mol. The van der Waals surface area contributed by atoms with Crippen LogP contribution in [0, 0.1) is 20.8 Å². The molecule has 1 aromatic heterocycles. The molecular formula is C16H20BrN3. The summed E-state index contributed by atoms with van der Waals surface area (Å²) < 4.78 is 0.952. The molecule has 0 atom stereocenters. The van der Waals surface area contributed by atoms with Crippen molar-refractivity contribution in [1.29, 1.82) is 0 Å². The lowest BCUT2D eigenvalue weighted by molar-refractivity contribution is 0.988. The normalized spacial score (nSPS) is 10.7. The highest BCUT2D eigenvalue weighted by atomic mass is 79.9. The summed E-state index contributed by atoms with van der Waals surface area (Å²) in [5, 5.41) is 3.13. The summed E-state index contributed by atoms with van der Waals surface area (Å²) in [5.41, 5.74) is 5.86. The van der Waals surface area contributed by atoms with Crippen LogP contribution in [0.15, 0.2) is 16.6 Å². The van der Waals surface area contributed by atoms with Gasteiger partial charge in [0.15, 0.2) is 5.82 Å². The first kappa shape index (κ1) is 15.0. The number of aryl methyl sites for hydroxylation is 4. The van der Waals surface area contributed by atoms with Crippen molar-refractivity contribution in [2.75, 3.05) is 12.4 Å². The summed E-state index contributed by atoms with van der Waals surface area (Å²) in [6.07, 6.45) is 0.870. The molecule has 0 saturated heterocycles. The SMILES string of the molecule is CCc1nc(-c2c(C)cc(C)cc2C)nc(NC)c1Br. The van der Waals surface area contributed by atoms with E-state index in [0.29, 0.717) is 0 Å². The van der Waals surface area contributed by atoms with Crippen molar-refractivity contribution in [2.24, 2.45) is 0 Å². The fraction of sp³-hybridized carbons (Fsp3) is 0.375. The van der Waals surface area contributed by atoms with Crippen LogP contribution in [0.4, 0.5) is 5.82 Å². The van der Waals surface area contributed by atoms with Crippen LogP contribution in [-0.4, -0.2) is 17.0 Å². The van der Waals surface area contributed by atoms with Gasteiger partial charge in [0.1, 0.15) is 5.82 Å². The van der Waals surface area contributed by atoms with E-state index in [-0.39, 0.29) is 0 Å². The molecule has 1 heterocycles. The fourth-order valence-electron chi connectivity index (χ4n) is 2.54. The topological polar surface area (TPSA) is 37.8 Å². The van der Waals surface area contributed by atoms with Crippen LogP contribution in [0.5, 0.6) is 0 Å². The molecule has 0 radical (unpaired) electrons. The van der Waals surface area contributed by atoms with E-state index in [1.807, 2.05) is 7.05 Å². The lowest BCUT2D eigenvalue weighted by atomic mass is 9.99. The standard InChI is InChI=1S/C16H20BrN3/c1-6-12-14(17)16(18-5)20-15(19-12)13-10(3)7-9(2)8-11(13)4/h7-8H,6H2,1-5H3,(H,18,19,20). The molecule has 3 nitrogen and oxygen atoms in total. The maximum absolute atomic E-state index is 4.72. The molecule has 0 unspecified atom stereocenters. The van der Waals surface area contributed by atoms with E-state index in [2.05, 4.69) is 66.1 Å². The van der Waals surface area contributed by atoms with Crippen LogP contribution < -0.4 is 5.32 Å². The summed E-state index contributed by atoms with van der Waals surface area (Å²) in [6.45, 7) is 8.45. The Morgan fingerprint density at radius 3 is 2.20 bits per heavy atom. The number of rotatable bonds is 3. The van der Waals surface area contributed by atoms with Crippen LogP contribution >= 0.6 is 15.9 Å². The van der Waals surface area contributed by atoms with Gasteiger partial charge in [0.05, 0.1) is 10.2 Å². The summed E-state index contributed by atoms with van der Waals surface area (Å²) >= 11 is 3.57. The van der Waals surface area contributed by atoms with E-state index in [1.54, 1.807) is 0 Å². The average molecular weight is 334 g/mol. The molecule has 106 valence electrons. The van der Waals surface area contributed by atoms with Gasteiger partial charge >= 0.3 is 0 Å². The zero-order valence-electron chi connectivity index (χ0n) is 12.6. The van der Waals surface area contributed by atoms with Crippen molar-refractivity contribution < 1.29 is 0 Å². The Bertz CT molecular complexity index is 602. The van der Waals surface area contributed by atoms with Gasteiger partial charge in [-0.3, -0.25) is 0 Å². The van der Waals surface area contributed by atoms with Crippen LogP contribution in [-0.2, 0) is 6.42 Å². The Morgan fingerprint density at radius 2 is 1.70 bits per heavy atom. The number of halogens is 1. The lowest BCUT2D eigenvalue weighted by Gasteiger charge is -2.14. The third kappa shape index (κ3) is 2.70. The third-order valence-electron chi connectivity index (χ3n) is 3.39. The Morgan fingerprint density at radius 1 is 1.10 bits per heavy atom. The summed E-state index contributed by atoms with van der Waals surface area (Å²) in [7, 11) is 1.88. The van der Waals surface area contributed by atoms with Crippen molar-refractivity contribution in [3.8, 4) is 11.4 Å². The highest BCUT2D eigenvalue weighted by Gasteiger charge is 2.15. The highest BCUT2D eigenvalue weighted by molar-refractivity contribution is 9.10. The Labute approximate surface area is 129 Å².